The number of ether oxygens (including phenoxy) is 2. The zero-order chi connectivity index (χ0) is 11.8. The van der Waals surface area contributed by atoms with Crippen LogP contribution in [-0.4, -0.2) is 25.9 Å². The molecule has 0 aliphatic carbocycles. The van der Waals surface area contributed by atoms with Crippen molar-refractivity contribution in [3.8, 4) is 0 Å². The van der Waals surface area contributed by atoms with Crippen LogP contribution in [0.5, 0.6) is 0 Å². The van der Waals surface area contributed by atoms with Gasteiger partial charge in [0.25, 0.3) is 0 Å². The van der Waals surface area contributed by atoms with E-state index < -0.39 is 0 Å². The molecule has 0 amide bonds. The molecule has 0 aliphatic heterocycles. The SMILES string of the molecule is CCOC(CN)COC(C)c1ccccc1. The first kappa shape index (κ1) is 13.2. The number of hydrogen-bond acceptors (Lipinski definition) is 3. The number of nitrogens with two attached hydrogens (primary N) is 1. The van der Waals surface area contributed by atoms with Gasteiger partial charge in [-0.2, -0.15) is 0 Å². The van der Waals surface area contributed by atoms with E-state index >= 15 is 0 Å². The van der Waals surface area contributed by atoms with Crippen LogP contribution in [0.25, 0.3) is 0 Å². The molecule has 3 nitrogen and oxygen atoms in total. The molecule has 0 spiro atoms. The lowest BCUT2D eigenvalue weighted by Crippen LogP contribution is -2.29. The van der Waals surface area contributed by atoms with Crippen LogP contribution < -0.4 is 5.73 Å². The molecular weight excluding hydrogens is 202 g/mol. The maximum absolute atomic E-state index is 5.73. The molecule has 0 aromatic heterocycles. The molecule has 0 bridgehead atoms. The Morgan fingerprint density at radius 2 is 1.88 bits per heavy atom. The minimum atomic E-state index is -0.00355. The Morgan fingerprint density at radius 3 is 2.44 bits per heavy atom. The normalized spacial score (nSPS) is 14.7. The molecule has 0 heterocycles. The summed E-state index contributed by atoms with van der Waals surface area (Å²) in [5.74, 6) is 0. The standard InChI is InChI=1S/C13H21NO2/c1-3-15-13(9-14)10-16-11(2)12-7-5-4-6-8-12/h4-8,11,13H,3,9-10,14H2,1-2H3. The Balaban J connectivity index is 2.37. The zero-order valence-electron chi connectivity index (χ0n) is 10.1. The minimum absolute atomic E-state index is 0.00355. The van der Waals surface area contributed by atoms with Crippen molar-refractivity contribution in [3.63, 3.8) is 0 Å². The maximum Gasteiger partial charge on any atom is 0.0930 e. The van der Waals surface area contributed by atoms with E-state index in [9.17, 15) is 0 Å². The molecule has 2 unspecified atom stereocenters. The van der Waals surface area contributed by atoms with E-state index in [-0.39, 0.29) is 12.2 Å². The smallest absolute Gasteiger partial charge is 0.0930 e. The van der Waals surface area contributed by atoms with Crippen molar-refractivity contribution in [3.05, 3.63) is 35.9 Å². The number of rotatable bonds is 7. The molecule has 2 N–H and O–H groups in total. The summed E-state index contributed by atoms with van der Waals surface area (Å²) in [6.07, 6.45) is 0.0758. The van der Waals surface area contributed by atoms with Gasteiger partial charge in [-0.1, -0.05) is 30.3 Å². The van der Waals surface area contributed by atoms with E-state index in [1.165, 1.54) is 5.56 Å². The third-order valence-corrected chi connectivity index (χ3v) is 2.47. The molecule has 1 aromatic rings. The highest BCUT2D eigenvalue weighted by Gasteiger charge is 2.10. The first-order valence-corrected chi connectivity index (χ1v) is 5.76. The fourth-order valence-electron chi connectivity index (χ4n) is 1.49. The van der Waals surface area contributed by atoms with Gasteiger partial charge in [-0.25, -0.2) is 0 Å². The lowest BCUT2D eigenvalue weighted by Gasteiger charge is -2.19. The van der Waals surface area contributed by atoms with Crippen LogP contribution in [0.1, 0.15) is 25.5 Å². The lowest BCUT2D eigenvalue weighted by molar-refractivity contribution is -0.0325. The third kappa shape index (κ3) is 4.31. The summed E-state index contributed by atoms with van der Waals surface area (Å²) < 4.78 is 11.2. The Labute approximate surface area is 97.6 Å². The van der Waals surface area contributed by atoms with E-state index in [1.807, 2.05) is 32.0 Å². The Hall–Kier alpha value is -0.900. The second-order valence-corrected chi connectivity index (χ2v) is 3.70. The quantitative estimate of drug-likeness (QED) is 0.770. The predicted molar refractivity (Wildman–Crippen MR) is 65.3 cm³/mol. The second-order valence-electron chi connectivity index (χ2n) is 3.70. The van der Waals surface area contributed by atoms with Crippen LogP contribution in [-0.2, 0) is 9.47 Å². The summed E-state index contributed by atoms with van der Waals surface area (Å²) >= 11 is 0. The van der Waals surface area contributed by atoms with E-state index in [1.54, 1.807) is 0 Å². The van der Waals surface area contributed by atoms with Crippen LogP contribution in [0, 0.1) is 0 Å². The highest BCUT2D eigenvalue weighted by molar-refractivity contribution is 5.16. The molecule has 0 saturated heterocycles. The van der Waals surface area contributed by atoms with Crippen molar-refractivity contribution in [2.24, 2.45) is 5.73 Å². The largest absolute Gasteiger partial charge is 0.375 e. The average Bonchev–Trinajstić information content (AvgIpc) is 2.35. The van der Waals surface area contributed by atoms with Gasteiger partial charge in [0.1, 0.15) is 0 Å². The molecule has 1 rings (SSSR count). The Morgan fingerprint density at radius 1 is 1.19 bits per heavy atom. The summed E-state index contributed by atoms with van der Waals surface area (Å²) in [5.41, 5.74) is 6.75. The summed E-state index contributed by atoms with van der Waals surface area (Å²) in [7, 11) is 0. The summed E-state index contributed by atoms with van der Waals surface area (Å²) in [5, 5.41) is 0. The van der Waals surface area contributed by atoms with E-state index in [4.69, 9.17) is 15.2 Å². The Bertz CT molecular complexity index is 277. The van der Waals surface area contributed by atoms with Crippen LogP contribution in [0.15, 0.2) is 30.3 Å². The molecule has 90 valence electrons. The fraction of sp³-hybridized carbons (Fsp3) is 0.538. The topological polar surface area (TPSA) is 44.5 Å². The van der Waals surface area contributed by atoms with Gasteiger partial charge in [-0.05, 0) is 19.4 Å². The van der Waals surface area contributed by atoms with Gasteiger partial charge in [0, 0.05) is 13.2 Å². The lowest BCUT2D eigenvalue weighted by atomic mass is 10.1. The molecule has 0 saturated carbocycles. The second kappa shape index (κ2) is 7.39. The van der Waals surface area contributed by atoms with Crippen LogP contribution in [0.4, 0.5) is 0 Å². The highest BCUT2D eigenvalue weighted by atomic mass is 16.5. The molecule has 2 atom stereocenters. The predicted octanol–water partition coefficient (Wildman–Crippen LogP) is 2.13. The van der Waals surface area contributed by atoms with Gasteiger partial charge < -0.3 is 15.2 Å². The third-order valence-electron chi connectivity index (χ3n) is 2.47. The van der Waals surface area contributed by atoms with Gasteiger partial charge in [0.05, 0.1) is 18.8 Å². The molecule has 3 heteroatoms. The maximum atomic E-state index is 5.73. The summed E-state index contributed by atoms with van der Waals surface area (Å²) in [6.45, 7) is 5.71. The van der Waals surface area contributed by atoms with Gasteiger partial charge in [-0.15, -0.1) is 0 Å². The van der Waals surface area contributed by atoms with Crippen molar-refractivity contribution >= 4 is 0 Å². The van der Waals surface area contributed by atoms with Gasteiger partial charge >= 0.3 is 0 Å². The van der Waals surface area contributed by atoms with Gasteiger partial charge in [-0.3, -0.25) is 0 Å². The average molecular weight is 223 g/mol. The first-order chi connectivity index (χ1) is 7.77. The molecule has 16 heavy (non-hydrogen) atoms. The van der Waals surface area contributed by atoms with Crippen LogP contribution in [0.2, 0.25) is 0 Å². The van der Waals surface area contributed by atoms with E-state index in [2.05, 4.69) is 12.1 Å². The number of hydrogen-bond donors (Lipinski definition) is 1. The van der Waals surface area contributed by atoms with Crippen molar-refractivity contribution in [1.82, 2.24) is 0 Å². The molecule has 0 fully saturated rings. The number of benzene rings is 1. The van der Waals surface area contributed by atoms with Crippen molar-refractivity contribution < 1.29 is 9.47 Å². The summed E-state index contributed by atoms with van der Waals surface area (Å²) in [4.78, 5) is 0. The van der Waals surface area contributed by atoms with Crippen molar-refractivity contribution in [2.75, 3.05) is 19.8 Å². The van der Waals surface area contributed by atoms with Crippen LogP contribution in [0.3, 0.4) is 0 Å². The fourth-order valence-corrected chi connectivity index (χ4v) is 1.49. The monoisotopic (exact) mass is 223 g/mol. The molecular formula is C13H21NO2. The Kier molecular flexibility index (Phi) is 6.08. The summed E-state index contributed by atoms with van der Waals surface area (Å²) in [6, 6.07) is 10.1. The first-order valence-electron chi connectivity index (χ1n) is 5.76. The van der Waals surface area contributed by atoms with E-state index in [0.717, 1.165) is 0 Å². The van der Waals surface area contributed by atoms with E-state index in [0.29, 0.717) is 19.8 Å². The van der Waals surface area contributed by atoms with Gasteiger partial charge in [0.15, 0.2) is 0 Å². The van der Waals surface area contributed by atoms with Crippen LogP contribution >= 0.6 is 0 Å². The highest BCUT2D eigenvalue weighted by Crippen LogP contribution is 2.16. The molecule has 0 aliphatic rings. The zero-order valence-corrected chi connectivity index (χ0v) is 10.1. The minimum Gasteiger partial charge on any atom is -0.375 e. The van der Waals surface area contributed by atoms with Crippen molar-refractivity contribution in [2.45, 2.75) is 26.1 Å². The molecule has 1 aromatic carbocycles. The van der Waals surface area contributed by atoms with Gasteiger partial charge in [0.2, 0.25) is 0 Å². The van der Waals surface area contributed by atoms with Crippen molar-refractivity contribution in [1.29, 1.82) is 0 Å². The molecule has 0 radical (unpaired) electrons.